The number of carbonyl (C=O) groups excluding carboxylic acids is 1. The lowest BCUT2D eigenvalue weighted by molar-refractivity contribution is 0.0972. The molecule has 1 saturated carbocycles. The van der Waals surface area contributed by atoms with Gasteiger partial charge in [0, 0.05) is 18.7 Å². The van der Waals surface area contributed by atoms with Gasteiger partial charge in [-0.3, -0.25) is 10.1 Å². The predicted molar refractivity (Wildman–Crippen MR) is 106 cm³/mol. The van der Waals surface area contributed by atoms with E-state index < -0.39 is 0 Å². The van der Waals surface area contributed by atoms with Crippen molar-refractivity contribution in [2.24, 2.45) is 5.92 Å². The Balaban J connectivity index is 1.84. The van der Waals surface area contributed by atoms with Crippen molar-refractivity contribution in [3.8, 4) is 5.75 Å². The summed E-state index contributed by atoms with van der Waals surface area (Å²) in [6.07, 6.45) is 7.09. The Hall–Kier alpha value is -1.62. The van der Waals surface area contributed by atoms with Crippen molar-refractivity contribution in [3.05, 3.63) is 29.8 Å². The molecule has 138 valence electrons. The van der Waals surface area contributed by atoms with Crippen molar-refractivity contribution in [2.75, 3.05) is 13.7 Å². The van der Waals surface area contributed by atoms with Gasteiger partial charge in [-0.1, -0.05) is 33.1 Å². The van der Waals surface area contributed by atoms with Crippen LogP contribution in [0.25, 0.3) is 0 Å². The highest BCUT2D eigenvalue weighted by Crippen LogP contribution is 2.21. The molecule has 1 aliphatic carbocycles. The van der Waals surface area contributed by atoms with Crippen LogP contribution < -0.4 is 10.1 Å². The van der Waals surface area contributed by atoms with E-state index in [4.69, 9.17) is 17.0 Å². The lowest BCUT2D eigenvalue weighted by Gasteiger charge is -2.32. The average Bonchev–Trinajstić information content (AvgIpc) is 2.62. The Morgan fingerprint density at radius 3 is 2.48 bits per heavy atom. The molecule has 2 rings (SSSR count). The molecule has 1 N–H and O–H groups in total. The summed E-state index contributed by atoms with van der Waals surface area (Å²) in [4.78, 5) is 14.4. The van der Waals surface area contributed by atoms with E-state index in [9.17, 15) is 4.79 Å². The maximum Gasteiger partial charge on any atom is 0.257 e. The van der Waals surface area contributed by atoms with E-state index in [-0.39, 0.29) is 5.91 Å². The molecule has 0 spiro atoms. The van der Waals surface area contributed by atoms with Crippen molar-refractivity contribution < 1.29 is 9.53 Å². The smallest absolute Gasteiger partial charge is 0.257 e. The molecule has 0 aromatic heterocycles. The normalized spacial score (nSPS) is 15.0. The van der Waals surface area contributed by atoms with Crippen molar-refractivity contribution in [1.29, 1.82) is 0 Å². The molecule has 25 heavy (non-hydrogen) atoms. The number of carbonyl (C=O) groups is 1. The number of thiocarbonyl (C=S) groups is 1. The summed E-state index contributed by atoms with van der Waals surface area (Å²) in [7, 11) is 1.98. The quantitative estimate of drug-likeness (QED) is 0.762. The molecule has 0 bridgehead atoms. The van der Waals surface area contributed by atoms with Gasteiger partial charge >= 0.3 is 0 Å². The zero-order valence-electron chi connectivity index (χ0n) is 15.6. The van der Waals surface area contributed by atoms with E-state index in [2.05, 4.69) is 19.2 Å². The maximum absolute atomic E-state index is 12.4. The summed E-state index contributed by atoms with van der Waals surface area (Å²) in [5.41, 5.74) is 0.593. The van der Waals surface area contributed by atoms with Gasteiger partial charge in [0.2, 0.25) is 0 Å². The lowest BCUT2D eigenvalue weighted by atomic mass is 9.95. The Morgan fingerprint density at radius 2 is 1.88 bits per heavy atom. The van der Waals surface area contributed by atoms with Crippen LogP contribution in [0.5, 0.6) is 5.75 Å². The number of nitrogens with one attached hydrogen (secondary N) is 1. The van der Waals surface area contributed by atoms with Gasteiger partial charge < -0.3 is 9.64 Å². The third-order valence-corrected chi connectivity index (χ3v) is 5.13. The third kappa shape index (κ3) is 6.31. The molecule has 4 nitrogen and oxygen atoms in total. The minimum atomic E-state index is -0.165. The summed E-state index contributed by atoms with van der Waals surface area (Å²) in [5.74, 6) is 1.24. The summed E-state index contributed by atoms with van der Waals surface area (Å²) in [6.45, 7) is 5.04. The molecular weight excluding hydrogens is 332 g/mol. The first kappa shape index (κ1) is 19.7. The molecule has 1 aromatic carbocycles. The van der Waals surface area contributed by atoms with Crippen LogP contribution in [-0.2, 0) is 0 Å². The van der Waals surface area contributed by atoms with Gasteiger partial charge in [-0.05, 0) is 61.7 Å². The van der Waals surface area contributed by atoms with Gasteiger partial charge in [0.1, 0.15) is 5.75 Å². The van der Waals surface area contributed by atoms with Crippen LogP contribution in [0.15, 0.2) is 24.3 Å². The molecule has 0 saturated heterocycles. The zero-order valence-corrected chi connectivity index (χ0v) is 16.4. The van der Waals surface area contributed by atoms with Gasteiger partial charge in [-0.2, -0.15) is 0 Å². The molecule has 0 heterocycles. The molecule has 5 heteroatoms. The summed E-state index contributed by atoms with van der Waals surface area (Å²) >= 11 is 5.41. The first-order chi connectivity index (χ1) is 12.0. The number of hydrogen-bond donors (Lipinski definition) is 1. The van der Waals surface area contributed by atoms with Gasteiger partial charge in [-0.25, -0.2) is 0 Å². The molecule has 1 amide bonds. The van der Waals surface area contributed by atoms with Crippen molar-refractivity contribution in [2.45, 2.75) is 58.4 Å². The van der Waals surface area contributed by atoms with E-state index >= 15 is 0 Å². The molecule has 0 aliphatic heterocycles. The van der Waals surface area contributed by atoms with Crippen molar-refractivity contribution >= 4 is 23.2 Å². The molecule has 0 radical (unpaired) electrons. The molecular formula is C20H30N2O2S. The number of amides is 1. The standard InChI is InChI=1S/C20H30N2O2S/c1-15(2)13-14-24-18-11-9-16(10-12-18)19(23)21-20(25)22(3)17-7-5-4-6-8-17/h9-12,15,17H,4-8,13-14H2,1-3H3,(H,21,23,25). The van der Waals surface area contributed by atoms with Gasteiger partial charge in [0.15, 0.2) is 5.11 Å². The first-order valence-corrected chi connectivity index (χ1v) is 9.69. The van der Waals surface area contributed by atoms with E-state index in [0.29, 0.717) is 29.2 Å². The van der Waals surface area contributed by atoms with Crippen LogP contribution in [0.3, 0.4) is 0 Å². The van der Waals surface area contributed by atoms with Crippen LogP contribution in [0.2, 0.25) is 0 Å². The van der Waals surface area contributed by atoms with Gasteiger partial charge in [0.05, 0.1) is 6.61 Å². The van der Waals surface area contributed by atoms with E-state index in [1.165, 1.54) is 19.3 Å². The second kappa shape index (κ2) is 9.76. The SMILES string of the molecule is CC(C)CCOc1ccc(C(=O)NC(=S)N(C)C2CCCCC2)cc1. The Labute approximate surface area is 156 Å². The number of benzene rings is 1. The summed E-state index contributed by atoms with van der Waals surface area (Å²) in [5, 5.41) is 3.36. The highest BCUT2D eigenvalue weighted by Gasteiger charge is 2.21. The van der Waals surface area contributed by atoms with E-state index in [0.717, 1.165) is 25.0 Å². The van der Waals surface area contributed by atoms with E-state index in [1.54, 1.807) is 12.1 Å². The van der Waals surface area contributed by atoms with Crippen LogP contribution in [0, 0.1) is 5.92 Å². The van der Waals surface area contributed by atoms with Crippen LogP contribution in [0.1, 0.15) is 62.7 Å². The number of rotatable bonds is 6. The topological polar surface area (TPSA) is 41.6 Å². The first-order valence-electron chi connectivity index (χ1n) is 9.28. The minimum absolute atomic E-state index is 0.165. The molecule has 1 aliphatic rings. The summed E-state index contributed by atoms with van der Waals surface area (Å²) in [6, 6.07) is 7.68. The van der Waals surface area contributed by atoms with E-state index in [1.807, 2.05) is 24.1 Å². The fraction of sp³-hybridized carbons (Fsp3) is 0.600. The van der Waals surface area contributed by atoms with Crippen molar-refractivity contribution in [1.82, 2.24) is 10.2 Å². The molecule has 1 aromatic rings. The van der Waals surface area contributed by atoms with Crippen LogP contribution in [-0.4, -0.2) is 35.6 Å². The fourth-order valence-electron chi connectivity index (χ4n) is 3.01. The van der Waals surface area contributed by atoms with Gasteiger partial charge in [0.25, 0.3) is 5.91 Å². The number of nitrogens with zero attached hydrogens (tertiary/aromatic N) is 1. The molecule has 1 fully saturated rings. The molecule has 0 atom stereocenters. The maximum atomic E-state index is 12.4. The number of ether oxygens (including phenoxy) is 1. The largest absolute Gasteiger partial charge is 0.494 e. The Kier molecular flexibility index (Phi) is 7.69. The highest BCUT2D eigenvalue weighted by molar-refractivity contribution is 7.80. The van der Waals surface area contributed by atoms with Crippen molar-refractivity contribution in [3.63, 3.8) is 0 Å². The predicted octanol–water partition coefficient (Wildman–Crippen LogP) is 4.39. The zero-order chi connectivity index (χ0) is 18.2. The van der Waals surface area contributed by atoms with Crippen LogP contribution >= 0.6 is 12.2 Å². The third-order valence-electron chi connectivity index (χ3n) is 4.74. The second-order valence-electron chi connectivity index (χ2n) is 7.22. The molecule has 0 unspecified atom stereocenters. The number of hydrogen-bond acceptors (Lipinski definition) is 3. The Morgan fingerprint density at radius 1 is 1.24 bits per heavy atom. The summed E-state index contributed by atoms with van der Waals surface area (Å²) < 4.78 is 5.68. The van der Waals surface area contributed by atoms with Crippen LogP contribution in [0.4, 0.5) is 0 Å². The average molecular weight is 363 g/mol. The second-order valence-corrected chi connectivity index (χ2v) is 7.60. The Bertz CT molecular complexity index is 566. The lowest BCUT2D eigenvalue weighted by Crippen LogP contribution is -2.46. The highest BCUT2D eigenvalue weighted by atomic mass is 32.1. The monoisotopic (exact) mass is 362 g/mol. The van der Waals surface area contributed by atoms with Gasteiger partial charge in [-0.15, -0.1) is 0 Å². The minimum Gasteiger partial charge on any atom is -0.494 e. The fourth-order valence-corrected chi connectivity index (χ4v) is 3.25.